The summed E-state index contributed by atoms with van der Waals surface area (Å²) in [6.07, 6.45) is 0. The first-order valence-corrected chi connectivity index (χ1v) is 9.20. The molecule has 0 bridgehead atoms. The molecule has 152 valence electrons. The zero-order valence-corrected chi connectivity index (χ0v) is 15.9. The lowest BCUT2D eigenvalue weighted by Crippen LogP contribution is -2.14. The van der Waals surface area contributed by atoms with Crippen molar-refractivity contribution < 1.29 is 23.9 Å². The van der Waals surface area contributed by atoms with Crippen molar-refractivity contribution in [2.24, 2.45) is 0 Å². The number of nitrogens with one attached hydrogen (secondary N) is 1. The second-order valence-corrected chi connectivity index (χ2v) is 6.59. The predicted molar refractivity (Wildman–Crippen MR) is 109 cm³/mol. The van der Waals surface area contributed by atoms with E-state index in [4.69, 9.17) is 14.2 Å². The van der Waals surface area contributed by atoms with Gasteiger partial charge in [-0.25, -0.2) is 0 Å². The Balaban J connectivity index is 1.44. The van der Waals surface area contributed by atoms with Gasteiger partial charge in [0.1, 0.15) is 18.1 Å². The van der Waals surface area contributed by atoms with Crippen molar-refractivity contribution in [2.75, 3.05) is 12.1 Å². The molecule has 3 aromatic carbocycles. The van der Waals surface area contributed by atoms with Crippen LogP contribution in [0.1, 0.15) is 21.5 Å². The normalized spacial score (nSPS) is 12.4. The van der Waals surface area contributed by atoms with Gasteiger partial charge in [-0.1, -0.05) is 18.2 Å². The van der Waals surface area contributed by atoms with Crippen LogP contribution in [0.3, 0.4) is 0 Å². The molecule has 8 nitrogen and oxygen atoms in total. The summed E-state index contributed by atoms with van der Waals surface area (Å²) in [6, 6.07) is 18.7. The number of ether oxygens (including phenoxy) is 3. The molecule has 0 aromatic heterocycles. The molecule has 0 saturated heterocycles. The molecule has 0 spiro atoms. The van der Waals surface area contributed by atoms with E-state index in [0.29, 0.717) is 33.9 Å². The molecule has 0 fully saturated rings. The van der Waals surface area contributed by atoms with Crippen molar-refractivity contribution in [1.29, 1.82) is 0 Å². The van der Waals surface area contributed by atoms with E-state index in [1.807, 2.05) is 6.07 Å². The maximum atomic E-state index is 12.2. The van der Waals surface area contributed by atoms with E-state index in [2.05, 4.69) is 5.32 Å². The van der Waals surface area contributed by atoms with E-state index in [0.717, 1.165) is 0 Å². The Kier molecular flexibility index (Phi) is 5.58. The number of non-ortho nitro benzene ring substituents is 1. The number of hydrogen-bond acceptors (Lipinski definition) is 6. The Morgan fingerprint density at radius 1 is 1.10 bits per heavy atom. The van der Waals surface area contributed by atoms with Gasteiger partial charge in [-0.15, -0.1) is 0 Å². The predicted octanol–water partition coefficient (Wildman–Crippen LogP) is 4.29. The minimum Gasteiger partial charge on any atom is -0.489 e. The monoisotopic (exact) mass is 406 g/mol. The SMILES string of the molecule is O=C(Nc1ccc(OCc2cc([N+](=O)[O-])cc3c2OCOC3)cc1)c1ccccc1. The molecule has 0 saturated carbocycles. The van der Waals surface area contributed by atoms with Crippen molar-refractivity contribution in [2.45, 2.75) is 13.2 Å². The first-order valence-electron chi connectivity index (χ1n) is 9.20. The summed E-state index contributed by atoms with van der Waals surface area (Å²) in [6.45, 7) is 0.438. The van der Waals surface area contributed by atoms with Crippen molar-refractivity contribution >= 4 is 17.3 Å². The number of benzene rings is 3. The number of rotatable bonds is 6. The van der Waals surface area contributed by atoms with Gasteiger partial charge in [-0.05, 0) is 36.4 Å². The van der Waals surface area contributed by atoms with Crippen LogP contribution in [0.5, 0.6) is 11.5 Å². The smallest absolute Gasteiger partial charge is 0.270 e. The summed E-state index contributed by atoms with van der Waals surface area (Å²) in [5, 5.41) is 14.0. The highest BCUT2D eigenvalue weighted by Crippen LogP contribution is 2.33. The number of nitrogens with zero attached hydrogens (tertiary/aromatic N) is 1. The molecule has 1 aliphatic rings. The number of hydrogen-bond donors (Lipinski definition) is 1. The van der Waals surface area contributed by atoms with Crippen LogP contribution in [-0.4, -0.2) is 17.6 Å². The van der Waals surface area contributed by atoms with Crippen LogP contribution in [0.2, 0.25) is 0 Å². The van der Waals surface area contributed by atoms with E-state index < -0.39 is 4.92 Å². The van der Waals surface area contributed by atoms with Gasteiger partial charge in [0.05, 0.1) is 11.5 Å². The highest BCUT2D eigenvalue weighted by Gasteiger charge is 2.21. The Morgan fingerprint density at radius 3 is 2.60 bits per heavy atom. The van der Waals surface area contributed by atoms with Crippen molar-refractivity contribution in [1.82, 2.24) is 0 Å². The molecule has 3 aromatic rings. The van der Waals surface area contributed by atoms with Crippen LogP contribution in [-0.2, 0) is 18.0 Å². The molecule has 1 aliphatic heterocycles. The van der Waals surface area contributed by atoms with Crippen LogP contribution >= 0.6 is 0 Å². The van der Waals surface area contributed by atoms with E-state index in [-0.39, 0.29) is 31.6 Å². The summed E-state index contributed by atoms with van der Waals surface area (Å²) in [7, 11) is 0. The third-order valence-electron chi connectivity index (χ3n) is 4.53. The third-order valence-corrected chi connectivity index (χ3v) is 4.53. The maximum Gasteiger partial charge on any atom is 0.270 e. The number of nitro groups is 1. The molecule has 1 N–H and O–H groups in total. The summed E-state index contributed by atoms with van der Waals surface area (Å²) in [4.78, 5) is 22.9. The lowest BCUT2D eigenvalue weighted by molar-refractivity contribution is -0.385. The van der Waals surface area contributed by atoms with Crippen LogP contribution in [0, 0.1) is 10.1 Å². The fraction of sp³-hybridized carbons (Fsp3) is 0.136. The summed E-state index contributed by atoms with van der Waals surface area (Å²) >= 11 is 0. The maximum absolute atomic E-state index is 12.2. The molecule has 0 aliphatic carbocycles. The van der Waals surface area contributed by atoms with Gasteiger partial charge in [0.15, 0.2) is 6.79 Å². The minimum absolute atomic E-state index is 0.0413. The molecule has 0 atom stereocenters. The highest BCUT2D eigenvalue weighted by molar-refractivity contribution is 6.04. The van der Waals surface area contributed by atoms with Crippen molar-refractivity contribution in [3.8, 4) is 11.5 Å². The average Bonchev–Trinajstić information content (AvgIpc) is 2.78. The topological polar surface area (TPSA) is 99.9 Å². The van der Waals surface area contributed by atoms with Gasteiger partial charge < -0.3 is 19.5 Å². The number of carbonyl (C=O) groups excluding carboxylic acids is 1. The molecule has 1 heterocycles. The fourth-order valence-corrected chi connectivity index (χ4v) is 3.08. The van der Waals surface area contributed by atoms with Crippen LogP contribution in [0.15, 0.2) is 66.7 Å². The van der Waals surface area contributed by atoms with Gasteiger partial charge in [0, 0.05) is 34.5 Å². The Bertz CT molecular complexity index is 1070. The van der Waals surface area contributed by atoms with Gasteiger partial charge >= 0.3 is 0 Å². The number of fused-ring (bicyclic) bond motifs is 1. The fourth-order valence-electron chi connectivity index (χ4n) is 3.08. The Hall–Kier alpha value is -3.91. The van der Waals surface area contributed by atoms with E-state index in [9.17, 15) is 14.9 Å². The molecule has 8 heteroatoms. The summed E-state index contributed by atoms with van der Waals surface area (Å²) < 4.78 is 16.5. The summed E-state index contributed by atoms with van der Waals surface area (Å²) in [5.41, 5.74) is 2.35. The second kappa shape index (κ2) is 8.62. The van der Waals surface area contributed by atoms with Crippen LogP contribution in [0.25, 0.3) is 0 Å². The van der Waals surface area contributed by atoms with Gasteiger partial charge in [-0.3, -0.25) is 14.9 Å². The molecule has 30 heavy (non-hydrogen) atoms. The molecule has 1 amide bonds. The molecular formula is C22H18N2O6. The lowest BCUT2D eigenvalue weighted by atomic mass is 10.1. The molecule has 0 unspecified atom stereocenters. The molecule has 0 radical (unpaired) electrons. The number of anilines is 1. The summed E-state index contributed by atoms with van der Waals surface area (Å²) in [5.74, 6) is 0.908. The van der Waals surface area contributed by atoms with Crippen LogP contribution < -0.4 is 14.8 Å². The van der Waals surface area contributed by atoms with Crippen LogP contribution in [0.4, 0.5) is 11.4 Å². The lowest BCUT2D eigenvalue weighted by Gasteiger charge is -2.20. The molecule has 4 rings (SSSR count). The zero-order valence-electron chi connectivity index (χ0n) is 15.9. The third kappa shape index (κ3) is 4.39. The van der Waals surface area contributed by atoms with Gasteiger partial charge in [0.2, 0.25) is 0 Å². The standard InChI is InChI=1S/C22H18N2O6/c25-22(15-4-2-1-3-5-15)23-18-6-8-20(9-7-18)29-13-17-11-19(24(26)27)10-16-12-28-14-30-21(16)17/h1-11H,12-14H2,(H,23,25). The van der Waals surface area contributed by atoms with Gasteiger partial charge in [0.25, 0.3) is 11.6 Å². The minimum atomic E-state index is -0.456. The van der Waals surface area contributed by atoms with Crippen molar-refractivity contribution in [3.05, 3.63) is 93.5 Å². The highest BCUT2D eigenvalue weighted by atomic mass is 16.7. The molecular weight excluding hydrogens is 388 g/mol. The van der Waals surface area contributed by atoms with E-state index in [1.165, 1.54) is 12.1 Å². The zero-order chi connectivity index (χ0) is 20.9. The number of carbonyl (C=O) groups is 1. The second-order valence-electron chi connectivity index (χ2n) is 6.59. The average molecular weight is 406 g/mol. The Morgan fingerprint density at radius 2 is 1.87 bits per heavy atom. The van der Waals surface area contributed by atoms with Crippen molar-refractivity contribution in [3.63, 3.8) is 0 Å². The van der Waals surface area contributed by atoms with E-state index >= 15 is 0 Å². The van der Waals surface area contributed by atoms with E-state index in [1.54, 1.807) is 48.5 Å². The Labute approximate surface area is 172 Å². The first-order chi connectivity index (χ1) is 14.6. The largest absolute Gasteiger partial charge is 0.489 e. The number of nitro benzene ring substituents is 1. The number of amides is 1. The van der Waals surface area contributed by atoms with Gasteiger partial charge in [-0.2, -0.15) is 0 Å². The first kappa shape index (κ1) is 19.4. The quantitative estimate of drug-likeness (QED) is 0.484.